The van der Waals surface area contributed by atoms with Crippen LogP contribution in [-0.4, -0.2) is 81.0 Å². The predicted molar refractivity (Wildman–Crippen MR) is 123 cm³/mol. The molecule has 0 aliphatic carbocycles. The maximum Gasteiger partial charge on any atom is 0.326 e. The quantitative estimate of drug-likeness (QED) is 0.0974. The average molecular weight is 518 g/mol. The number of carbonyl (C=O) groups is 7. The van der Waals surface area contributed by atoms with Crippen molar-refractivity contribution in [1.29, 1.82) is 0 Å². The molecule has 0 aliphatic heterocycles. The summed E-state index contributed by atoms with van der Waals surface area (Å²) in [6.45, 7) is 3.46. The summed E-state index contributed by atoms with van der Waals surface area (Å²) in [5, 5.41) is 33.9. The summed E-state index contributed by atoms with van der Waals surface area (Å²) in [6.07, 6.45) is -2.00. The van der Waals surface area contributed by atoms with Crippen molar-refractivity contribution >= 4 is 41.5 Å². The second-order valence-corrected chi connectivity index (χ2v) is 8.63. The van der Waals surface area contributed by atoms with Crippen molar-refractivity contribution in [2.24, 2.45) is 17.4 Å². The maximum absolute atomic E-state index is 12.9. The molecule has 4 unspecified atom stereocenters. The molecule has 0 fully saturated rings. The highest BCUT2D eigenvalue weighted by molar-refractivity contribution is 5.94. The molecule has 204 valence electrons. The summed E-state index contributed by atoms with van der Waals surface area (Å²) in [5.41, 5.74) is 10.7. The van der Waals surface area contributed by atoms with E-state index in [1.54, 1.807) is 13.8 Å². The van der Waals surface area contributed by atoms with Crippen molar-refractivity contribution in [3.05, 3.63) is 0 Å². The van der Waals surface area contributed by atoms with Gasteiger partial charge < -0.3 is 42.7 Å². The first kappa shape index (κ1) is 32.2. The van der Waals surface area contributed by atoms with Gasteiger partial charge in [0.05, 0.1) is 6.04 Å². The smallest absolute Gasteiger partial charge is 0.326 e. The third-order valence-corrected chi connectivity index (χ3v) is 4.92. The summed E-state index contributed by atoms with van der Waals surface area (Å²) in [4.78, 5) is 82.1. The first-order chi connectivity index (χ1) is 16.6. The molecule has 36 heavy (non-hydrogen) atoms. The molecule has 0 aliphatic rings. The van der Waals surface area contributed by atoms with Crippen molar-refractivity contribution in [2.75, 3.05) is 0 Å². The fourth-order valence-electron chi connectivity index (χ4n) is 3.02. The standard InChI is InChI=1S/C21H35N5O10/c1-10(2)9-14(20(34)25-13(21(35)36)5-8-17(30)31)26-19(33)12(4-7-16(28)29)24-18(32)11(22)3-6-15(23)27/h10-14H,3-9,22H2,1-2H3,(H2,23,27)(H,24,32)(H,25,34)(H,26,33)(H,28,29)(H,30,31)(H,35,36). The number of amides is 4. The van der Waals surface area contributed by atoms with E-state index in [0.717, 1.165) is 0 Å². The van der Waals surface area contributed by atoms with Gasteiger partial charge in [-0.25, -0.2) is 4.79 Å². The molecule has 0 aromatic carbocycles. The van der Waals surface area contributed by atoms with E-state index in [2.05, 4.69) is 16.0 Å². The number of hydrogen-bond acceptors (Lipinski definition) is 8. The van der Waals surface area contributed by atoms with E-state index in [4.69, 9.17) is 21.7 Å². The van der Waals surface area contributed by atoms with Crippen LogP contribution in [0.4, 0.5) is 0 Å². The van der Waals surface area contributed by atoms with Gasteiger partial charge >= 0.3 is 17.9 Å². The first-order valence-electron chi connectivity index (χ1n) is 11.2. The molecule has 0 saturated heterocycles. The number of carboxylic acids is 3. The molecule has 15 heteroatoms. The zero-order chi connectivity index (χ0) is 28.0. The topological polar surface area (TPSA) is 268 Å². The van der Waals surface area contributed by atoms with Crippen LogP contribution in [0.1, 0.15) is 58.8 Å². The van der Waals surface area contributed by atoms with Gasteiger partial charge in [-0.3, -0.25) is 28.8 Å². The van der Waals surface area contributed by atoms with E-state index in [0.29, 0.717) is 0 Å². The van der Waals surface area contributed by atoms with Crippen molar-refractivity contribution in [3.8, 4) is 0 Å². The molecule has 0 saturated carbocycles. The number of nitrogens with two attached hydrogens (primary N) is 2. The number of carbonyl (C=O) groups excluding carboxylic acids is 4. The lowest BCUT2D eigenvalue weighted by Gasteiger charge is -2.26. The summed E-state index contributed by atoms with van der Waals surface area (Å²) < 4.78 is 0. The minimum atomic E-state index is -1.52. The molecule has 4 amide bonds. The fourth-order valence-corrected chi connectivity index (χ4v) is 3.02. The molecule has 0 aromatic heterocycles. The van der Waals surface area contributed by atoms with Crippen LogP contribution in [0.3, 0.4) is 0 Å². The number of carboxylic acid groups (broad SMARTS) is 3. The molecule has 0 bridgehead atoms. The van der Waals surface area contributed by atoms with Crippen LogP contribution in [0, 0.1) is 5.92 Å². The third-order valence-electron chi connectivity index (χ3n) is 4.92. The number of primary amides is 1. The van der Waals surface area contributed by atoms with E-state index in [9.17, 15) is 38.7 Å². The highest BCUT2D eigenvalue weighted by atomic mass is 16.4. The zero-order valence-corrected chi connectivity index (χ0v) is 20.2. The van der Waals surface area contributed by atoms with E-state index in [-0.39, 0.29) is 38.0 Å². The lowest BCUT2D eigenvalue weighted by atomic mass is 10.0. The molecular formula is C21H35N5O10. The third kappa shape index (κ3) is 13.8. The molecule has 10 N–H and O–H groups in total. The van der Waals surface area contributed by atoms with Gasteiger partial charge in [-0.05, 0) is 31.6 Å². The Balaban J connectivity index is 5.56. The van der Waals surface area contributed by atoms with Crippen molar-refractivity contribution in [1.82, 2.24) is 16.0 Å². The van der Waals surface area contributed by atoms with Crippen molar-refractivity contribution in [2.45, 2.75) is 83.0 Å². The van der Waals surface area contributed by atoms with Gasteiger partial charge in [0.1, 0.15) is 18.1 Å². The van der Waals surface area contributed by atoms with Crippen LogP contribution in [0.2, 0.25) is 0 Å². The Kier molecular flexibility index (Phi) is 14.4. The highest BCUT2D eigenvalue weighted by Gasteiger charge is 2.31. The average Bonchev–Trinajstić information content (AvgIpc) is 2.75. The molecule has 0 spiro atoms. The summed E-state index contributed by atoms with van der Waals surface area (Å²) in [5.74, 6) is -7.46. The normalized spacial score (nSPS) is 14.1. The van der Waals surface area contributed by atoms with Crippen LogP contribution in [-0.2, 0) is 33.6 Å². The van der Waals surface area contributed by atoms with E-state index in [1.165, 1.54) is 0 Å². The van der Waals surface area contributed by atoms with Crippen molar-refractivity contribution < 1.29 is 48.9 Å². The van der Waals surface area contributed by atoms with Gasteiger partial charge in [-0.15, -0.1) is 0 Å². The van der Waals surface area contributed by atoms with Crippen molar-refractivity contribution in [3.63, 3.8) is 0 Å². The van der Waals surface area contributed by atoms with Gasteiger partial charge in [0, 0.05) is 19.3 Å². The summed E-state index contributed by atoms with van der Waals surface area (Å²) >= 11 is 0. The Hall–Kier alpha value is -3.75. The fraction of sp³-hybridized carbons (Fsp3) is 0.667. The van der Waals surface area contributed by atoms with Crippen LogP contribution < -0.4 is 27.4 Å². The number of hydrogen-bond donors (Lipinski definition) is 8. The Labute approximate surface area is 207 Å². The van der Waals surface area contributed by atoms with Crippen LogP contribution in [0.15, 0.2) is 0 Å². The number of nitrogens with one attached hydrogen (secondary N) is 3. The van der Waals surface area contributed by atoms with Crippen LogP contribution in [0.5, 0.6) is 0 Å². The highest BCUT2D eigenvalue weighted by Crippen LogP contribution is 2.09. The Morgan fingerprint density at radius 3 is 1.56 bits per heavy atom. The molecular weight excluding hydrogens is 482 g/mol. The van der Waals surface area contributed by atoms with Crippen LogP contribution in [0.25, 0.3) is 0 Å². The summed E-state index contributed by atoms with van der Waals surface area (Å²) in [6, 6.07) is -5.40. The van der Waals surface area contributed by atoms with Gasteiger partial charge in [0.2, 0.25) is 23.6 Å². The lowest BCUT2D eigenvalue weighted by molar-refractivity contribution is -0.143. The largest absolute Gasteiger partial charge is 0.481 e. The SMILES string of the molecule is CC(C)CC(NC(=O)C(CCC(=O)O)NC(=O)C(N)CCC(N)=O)C(=O)NC(CCC(=O)O)C(=O)O. The molecule has 0 radical (unpaired) electrons. The predicted octanol–water partition coefficient (Wildman–Crippen LogP) is -2.11. The first-order valence-corrected chi connectivity index (χ1v) is 11.2. The molecule has 0 rings (SSSR count). The molecule has 4 atom stereocenters. The molecule has 0 heterocycles. The monoisotopic (exact) mass is 517 g/mol. The Morgan fingerprint density at radius 1 is 0.667 bits per heavy atom. The van der Waals surface area contributed by atoms with E-state index < -0.39 is 78.5 Å². The van der Waals surface area contributed by atoms with E-state index in [1.807, 2.05) is 0 Å². The van der Waals surface area contributed by atoms with Gasteiger partial charge in [-0.1, -0.05) is 13.8 Å². The van der Waals surface area contributed by atoms with Gasteiger partial charge in [0.25, 0.3) is 0 Å². The molecule has 0 aromatic rings. The van der Waals surface area contributed by atoms with Gasteiger partial charge in [-0.2, -0.15) is 0 Å². The minimum absolute atomic E-state index is 0.0561. The maximum atomic E-state index is 12.9. The second kappa shape index (κ2) is 16.0. The minimum Gasteiger partial charge on any atom is -0.481 e. The Bertz CT molecular complexity index is 832. The van der Waals surface area contributed by atoms with E-state index >= 15 is 0 Å². The summed E-state index contributed by atoms with van der Waals surface area (Å²) in [7, 11) is 0. The Morgan fingerprint density at radius 2 is 1.11 bits per heavy atom. The number of aliphatic carboxylic acids is 3. The molecule has 15 nitrogen and oxygen atoms in total. The second-order valence-electron chi connectivity index (χ2n) is 8.63. The zero-order valence-electron chi connectivity index (χ0n) is 20.2. The van der Waals surface area contributed by atoms with Gasteiger partial charge in [0.15, 0.2) is 0 Å². The number of rotatable bonds is 18. The van der Waals surface area contributed by atoms with Crippen LogP contribution >= 0.6 is 0 Å². The lowest BCUT2D eigenvalue weighted by Crippen LogP contribution is -2.57.